The molecule has 0 aliphatic carbocycles. The predicted octanol–water partition coefficient (Wildman–Crippen LogP) is 3.69. The Morgan fingerprint density at radius 3 is 2.20 bits per heavy atom. The highest BCUT2D eigenvalue weighted by atomic mass is 16.5. The van der Waals surface area contributed by atoms with Gasteiger partial charge in [-0.1, -0.05) is 54.6 Å². The Morgan fingerprint density at radius 1 is 0.960 bits per heavy atom. The van der Waals surface area contributed by atoms with E-state index in [1.165, 1.54) is 5.56 Å². The summed E-state index contributed by atoms with van der Waals surface area (Å²) in [6, 6.07) is 18.3. The van der Waals surface area contributed by atoms with E-state index >= 15 is 0 Å². The maximum Gasteiger partial charge on any atom is 0.119 e. The van der Waals surface area contributed by atoms with Gasteiger partial charge in [0, 0.05) is 6.54 Å². The van der Waals surface area contributed by atoms with Crippen LogP contribution in [-0.4, -0.2) is 41.8 Å². The second-order valence-electron chi connectivity index (χ2n) is 7.26. The van der Waals surface area contributed by atoms with Gasteiger partial charge in [0.05, 0.1) is 0 Å². The molecule has 2 aromatic carbocycles. The quantitative estimate of drug-likeness (QED) is 0.846. The predicted molar refractivity (Wildman–Crippen MR) is 101 cm³/mol. The summed E-state index contributed by atoms with van der Waals surface area (Å²) in [5.74, 6) is 1.20. The van der Waals surface area contributed by atoms with Crippen molar-refractivity contribution >= 4 is 12.2 Å². The van der Waals surface area contributed by atoms with Gasteiger partial charge >= 0.3 is 0 Å². The largest absolute Gasteiger partial charge is 0.491 e. The summed E-state index contributed by atoms with van der Waals surface area (Å²) < 4.78 is 5.92. The van der Waals surface area contributed by atoms with E-state index in [0.717, 1.165) is 43.8 Å². The topological polar surface area (TPSA) is 32.7 Å². The zero-order chi connectivity index (χ0) is 17.1. The first-order valence-corrected chi connectivity index (χ1v) is 9.12. The lowest BCUT2D eigenvalue weighted by molar-refractivity contribution is -0.131. The van der Waals surface area contributed by atoms with Crippen molar-refractivity contribution in [2.24, 2.45) is 5.92 Å². The molecule has 0 amide bonds. The minimum Gasteiger partial charge on any atom is -0.491 e. The van der Waals surface area contributed by atoms with Crippen LogP contribution in [0.15, 0.2) is 54.6 Å². The molecule has 2 aromatic rings. The van der Waals surface area contributed by atoms with Crippen LogP contribution in [-0.2, 0) is 0 Å². The van der Waals surface area contributed by atoms with E-state index in [2.05, 4.69) is 41.3 Å². The molecule has 1 N–H and O–H groups in total. The molecule has 3 saturated heterocycles. The third-order valence-corrected chi connectivity index (χ3v) is 5.48. The van der Waals surface area contributed by atoms with Gasteiger partial charge in [0.1, 0.15) is 18.0 Å². The zero-order valence-corrected chi connectivity index (χ0v) is 14.5. The van der Waals surface area contributed by atoms with Crippen molar-refractivity contribution < 1.29 is 9.84 Å². The smallest absolute Gasteiger partial charge is 0.119 e. The molecule has 25 heavy (non-hydrogen) atoms. The van der Waals surface area contributed by atoms with Crippen molar-refractivity contribution in [3.63, 3.8) is 0 Å². The van der Waals surface area contributed by atoms with Gasteiger partial charge in [-0.2, -0.15) is 0 Å². The number of fused-ring (bicyclic) bond motifs is 3. The molecule has 0 radical (unpaired) electrons. The maximum absolute atomic E-state index is 10.9. The second kappa shape index (κ2) is 7.03. The van der Waals surface area contributed by atoms with E-state index in [1.54, 1.807) is 0 Å². The first kappa shape index (κ1) is 16.4. The second-order valence-corrected chi connectivity index (χ2v) is 7.26. The van der Waals surface area contributed by atoms with E-state index in [-0.39, 0.29) is 0 Å². The Morgan fingerprint density at radius 2 is 1.60 bits per heavy atom. The van der Waals surface area contributed by atoms with Crippen LogP contribution in [0.1, 0.15) is 24.0 Å². The Balaban J connectivity index is 1.35. The van der Waals surface area contributed by atoms with Crippen LogP contribution < -0.4 is 4.74 Å². The van der Waals surface area contributed by atoms with Gasteiger partial charge in [-0.05, 0) is 55.1 Å². The standard InChI is InChI=1S/C22H25NO2/c24-22(16-23-14-12-20(22)13-15-23)17-25-21-10-8-19(9-11-21)7-6-18-4-2-1-3-5-18/h1-11,20,24H,12-17H2/b7-6+. The molecule has 3 nitrogen and oxygen atoms in total. The van der Waals surface area contributed by atoms with Crippen LogP contribution in [0.25, 0.3) is 12.2 Å². The average Bonchev–Trinajstić information content (AvgIpc) is 2.67. The van der Waals surface area contributed by atoms with Gasteiger partial charge < -0.3 is 14.7 Å². The maximum atomic E-state index is 10.9. The molecule has 130 valence electrons. The lowest BCUT2D eigenvalue weighted by Crippen LogP contribution is -2.61. The molecule has 3 heterocycles. The molecule has 0 saturated carbocycles. The molecule has 3 aliphatic rings. The van der Waals surface area contributed by atoms with Crippen molar-refractivity contribution in [3.05, 3.63) is 65.7 Å². The van der Waals surface area contributed by atoms with E-state index in [4.69, 9.17) is 4.74 Å². The molecule has 3 aliphatic heterocycles. The van der Waals surface area contributed by atoms with Crippen LogP contribution in [0.4, 0.5) is 0 Å². The third-order valence-electron chi connectivity index (χ3n) is 5.48. The fourth-order valence-electron chi connectivity index (χ4n) is 3.95. The minimum atomic E-state index is -0.692. The highest BCUT2D eigenvalue weighted by Gasteiger charge is 2.45. The summed E-state index contributed by atoms with van der Waals surface area (Å²) in [4.78, 5) is 2.35. The highest BCUT2D eigenvalue weighted by Crippen LogP contribution is 2.36. The van der Waals surface area contributed by atoms with E-state index < -0.39 is 5.60 Å². The third kappa shape index (κ3) is 3.78. The monoisotopic (exact) mass is 335 g/mol. The van der Waals surface area contributed by atoms with Crippen LogP contribution >= 0.6 is 0 Å². The molecule has 0 aromatic heterocycles. The van der Waals surface area contributed by atoms with Crippen molar-refractivity contribution in [3.8, 4) is 5.75 Å². The van der Waals surface area contributed by atoms with E-state index in [9.17, 15) is 5.11 Å². The van der Waals surface area contributed by atoms with Crippen LogP contribution in [0.3, 0.4) is 0 Å². The van der Waals surface area contributed by atoms with Crippen molar-refractivity contribution in [1.82, 2.24) is 4.90 Å². The zero-order valence-electron chi connectivity index (χ0n) is 14.5. The number of hydrogen-bond donors (Lipinski definition) is 1. The molecule has 1 atom stereocenters. The molecule has 0 spiro atoms. The molecule has 3 heteroatoms. The van der Waals surface area contributed by atoms with Crippen molar-refractivity contribution in [2.75, 3.05) is 26.2 Å². The Kier molecular flexibility index (Phi) is 4.60. The first-order valence-electron chi connectivity index (χ1n) is 9.12. The summed E-state index contributed by atoms with van der Waals surface area (Å²) in [5.41, 5.74) is 1.63. The van der Waals surface area contributed by atoms with Gasteiger partial charge in [-0.25, -0.2) is 0 Å². The van der Waals surface area contributed by atoms with Gasteiger partial charge in [0.25, 0.3) is 0 Å². The Hall–Kier alpha value is -2.10. The number of aliphatic hydroxyl groups is 1. The van der Waals surface area contributed by atoms with E-state index in [0.29, 0.717) is 12.5 Å². The number of ether oxygens (including phenoxy) is 1. The summed E-state index contributed by atoms with van der Waals surface area (Å²) in [6.45, 7) is 3.37. The summed E-state index contributed by atoms with van der Waals surface area (Å²) in [6.07, 6.45) is 6.37. The lowest BCUT2D eigenvalue weighted by atomic mass is 9.76. The van der Waals surface area contributed by atoms with Gasteiger partial charge in [0.15, 0.2) is 0 Å². The number of hydrogen-bond acceptors (Lipinski definition) is 3. The number of rotatable bonds is 5. The Bertz CT molecular complexity index is 717. The lowest BCUT2D eigenvalue weighted by Gasteiger charge is -2.49. The molecule has 1 unspecified atom stereocenters. The summed E-state index contributed by atoms with van der Waals surface area (Å²) >= 11 is 0. The number of piperidine rings is 3. The van der Waals surface area contributed by atoms with Gasteiger partial charge in [-0.15, -0.1) is 0 Å². The fourth-order valence-corrected chi connectivity index (χ4v) is 3.95. The van der Waals surface area contributed by atoms with Crippen LogP contribution in [0, 0.1) is 5.92 Å². The first-order chi connectivity index (χ1) is 12.2. The number of benzene rings is 2. The SMILES string of the molecule is OC1(COc2ccc(/C=C/c3ccccc3)cc2)CN2CCC1CC2. The highest BCUT2D eigenvalue weighted by molar-refractivity contribution is 5.69. The molecular weight excluding hydrogens is 310 g/mol. The van der Waals surface area contributed by atoms with Crippen molar-refractivity contribution in [1.29, 1.82) is 0 Å². The van der Waals surface area contributed by atoms with Crippen molar-refractivity contribution in [2.45, 2.75) is 18.4 Å². The van der Waals surface area contributed by atoms with Gasteiger partial charge in [-0.3, -0.25) is 0 Å². The van der Waals surface area contributed by atoms with Crippen LogP contribution in [0.2, 0.25) is 0 Å². The Labute approximate surface area is 149 Å². The molecule has 3 fully saturated rings. The fraction of sp³-hybridized carbons (Fsp3) is 0.364. The minimum absolute atomic E-state index is 0.380. The molecule has 5 rings (SSSR count). The van der Waals surface area contributed by atoms with Crippen LogP contribution in [0.5, 0.6) is 5.75 Å². The average molecular weight is 335 g/mol. The van der Waals surface area contributed by atoms with Gasteiger partial charge in [0.2, 0.25) is 0 Å². The molecular formula is C22H25NO2. The summed E-state index contributed by atoms with van der Waals surface area (Å²) in [7, 11) is 0. The molecule has 2 bridgehead atoms. The summed E-state index contributed by atoms with van der Waals surface area (Å²) in [5, 5.41) is 10.9. The normalized spacial score (nSPS) is 28.4. The van der Waals surface area contributed by atoms with E-state index in [1.807, 2.05) is 30.3 Å². The number of nitrogens with zero attached hydrogens (tertiary/aromatic N) is 1.